The van der Waals surface area contributed by atoms with E-state index in [9.17, 15) is 23.1 Å². The predicted molar refractivity (Wildman–Crippen MR) is 67.4 cm³/mol. The Morgan fingerprint density at radius 3 is 2.67 bits per heavy atom. The van der Waals surface area contributed by atoms with Crippen molar-refractivity contribution in [2.75, 3.05) is 26.7 Å². The van der Waals surface area contributed by atoms with Gasteiger partial charge >= 0.3 is 0 Å². The SMILES string of the molecule is CN(CC1(O)CCNC1)C(=O)c1cc(F)c(F)c(O)c1F. The molecule has 2 rings (SSSR count). The van der Waals surface area contributed by atoms with Crippen molar-refractivity contribution < 1.29 is 28.2 Å². The number of β-amino-alcohol motifs (C(OH)–C–C–N with tert-alkyl or cyclic N) is 1. The lowest BCUT2D eigenvalue weighted by atomic mass is 10.0. The number of nitrogens with one attached hydrogen (secondary N) is 1. The number of aliphatic hydroxyl groups is 1. The molecule has 3 N–H and O–H groups in total. The quantitative estimate of drug-likeness (QED) is 0.715. The first-order chi connectivity index (χ1) is 9.75. The Morgan fingerprint density at radius 1 is 1.43 bits per heavy atom. The van der Waals surface area contributed by atoms with Crippen molar-refractivity contribution in [3.63, 3.8) is 0 Å². The highest BCUT2D eigenvalue weighted by Crippen LogP contribution is 2.27. The van der Waals surface area contributed by atoms with Gasteiger partial charge < -0.3 is 20.4 Å². The van der Waals surface area contributed by atoms with Gasteiger partial charge in [0, 0.05) is 13.6 Å². The van der Waals surface area contributed by atoms with Crippen LogP contribution in [0.4, 0.5) is 13.2 Å². The summed E-state index contributed by atoms with van der Waals surface area (Å²) in [5, 5.41) is 22.2. The number of carbonyl (C=O) groups is 1. The van der Waals surface area contributed by atoms with Crippen LogP contribution in [0.15, 0.2) is 6.07 Å². The van der Waals surface area contributed by atoms with Gasteiger partial charge in [0.05, 0.1) is 17.7 Å². The normalized spacial score (nSPS) is 21.6. The number of likely N-dealkylation sites (N-methyl/N-ethyl adjacent to an activating group) is 1. The average Bonchev–Trinajstić information content (AvgIpc) is 2.86. The number of rotatable bonds is 3. The molecule has 21 heavy (non-hydrogen) atoms. The lowest BCUT2D eigenvalue weighted by molar-refractivity contribution is 0.0250. The van der Waals surface area contributed by atoms with Gasteiger partial charge in [-0.15, -0.1) is 0 Å². The molecule has 1 unspecified atom stereocenters. The van der Waals surface area contributed by atoms with Crippen molar-refractivity contribution in [3.8, 4) is 5.75 Å². The van der Waals surface area contributed by atoms with Gasteiger partial charge in [0.25, 0.3) is 5.91 Å². The predicted octanol–water partition coefficient (Wildman–Crippen LogP) is 0.606. The molecule has 0 radical (unpaired) electrons. The Morgan fingerprint density at radius 2 is 2.10 bits per heavy atom. The summed E-state index contributed by atoms with van der Waals surface area (Å²) in [7, 11) is 1.30. The third-order valence-electron chi connectivity index (χ3n) is 3.46. The molecule has 1 aromatic carbocycles. The number of benzene rings is 1. The van der Waals surface area contributed by atoms with Crippen LogP contribution in [-0.4, -0.2) is 53.3 Å². The van der Waals surface area contributed by atoms with Crippen LogP contribution >= 0.6 is 0 Å². The fraction of sp³-hybridized carbons (Fsp3) is 0.462. The summed E-state index contributed by atoms with van der Waals surface area (Å²) in [6.45, 7) is 0.757. The summed E-state index contributed by atoms with van der Waals surface area (Å²) in [5.74, 6) is -7.28. The first-order valence-electron chi connectivity index (χ1n) is 6.30. The number of halogens is 3. The summed E-state index contributed by atoms with van der Waals surface area (Å²) in [5.41, 5.74) is -1.94. The third kappa shape index (κ3) is 2.96. The zero-order valence-electron chi connectivity index (χ0n) is 11.3. The number of amides is 1. The Hall–Kier alpha value is -1.80. The van der Waals surface area contributed by atoms with E-state index in [0.717, 1.165) is 4.90 Å². The number of nitrogens with zero attached hydrogens (tertiary/aromatic N) is 1. The molecule has 1 aromatic rings. The molecular weight excluding hydrogens is 289 g/mol. The second kappa shape index (κ2) is 5.53. The van der Waals surface area contributed by atoms with E-state index in [1.165, 1.54) is 7.05 Å². The van der Waals surface area contributed by atoms with E-state index in [4.69, 9.17) is 5.11 Å². The van der Waals surface area contributed by atoms with E-state index >= 15 is 0 Å². The first-order valence-corrected chi connectivity index (χ1v) is 6.30. The van der Waals surface area contributed by atoms with Gasteiger partial charge in [-0.05, 0) is 19.0 Å². The van der Waals surface area contributed by atoms with E-state index in [-0.39, 0.29) is 13.1 Å². The van der Waals surface area contributed by atoms with E-state index in [2.05, 4.69) is 5.32 Å². The fourth-order valence-corrected chi connectivity index (χ4v) is 2.33. The van der Waals surface area contributed by atoms with Crippen LogP contribution in [0, 0.1) is 17.5 Å². The Balaban J connectivity index is 2.24. The van der Waals surface area contributed by atoms with Gasteiger partial charge in [-0.3, -0.25) is 4.79 Å². The highest BCUT2D eigenvalue weighted by molar-refractivity contribution is 5.94. The van der Waals surface area contributed by atoms with Crippen LogP contribution in [0.1, 0.15) is 16.8 Å². The highest BCUT2D eigenvalue weighted by atomic mass is 19.2. The number of phenols is 1. The van der Waals surface area contributed by atoms with Crippen LogP contribution in [0.5, 0.6) is 5.75 Å². The first kappa shape index (κ1) is 15.6. The second-order valence-electron chi connectivity index (χ2n) is 5.19. The molecule has 0 bridgehead atoms. The maximum Gasteiger partial charge on any atom is 0.256 e. The lowest BCUT2D eigenvalue weighted by Gasteiger charge is -2.28. The zero-order valence-corrected chi connectivity index (χ0v) is 11.3. The minimum absolute atomic E-state index is 0.0992. The topological polar surface area (TPSA) is 72.8 Å². The minimum atomic E-state index is -1.75. The molecule has 8 heteroatoms. The molecule has 1 aliphatic heterocycles. The summed E-state index contributed by atoms with van der Waals surface area (Å²) >= 11 is 0. The molecule has 0 saturated carbocycles. The number of aromatic hydroxyl groups is 1. The lowest BCUT2D eigenvalue weighted by Crippen LogP contribution is -2.45. The van der Waals surface area contributed by atoms with Crippen LogP contribution in [0.2, 0.25) is 0 Å². The van der Waals surface area contributed by atoms with Crippen molar-refractivity contribution in [2.45, 2.75) is 12.0 Å². The third-order valence-corrected chi connectivity index (χ3v) is 3.46. The van der Waals surface area contributed by atoms with E-state index < -0.39 is 40.3 Å². The van der Waals surface area contributed by atoms with E-state index in [1.807, 2.05) is 0 Å². The van der Waals surface area contributed by atoms with Gasteiger partial charge in [0.15, 0.2) is 17.4 Å². The molecular formula is C13H15F3N2O3. The van der Waals surface area contributed by atoms with Gasteiger partial charge in [0.2, 0.25) is 5.82 Å². The summed E-state index contributed by atoms with van der Waals surface area (Å²) in [6, 6.07) is 0.389. The Labute approximate surface area is 119 Å². The van der Waals surface area contributed by atoms with E-state index in [1.54, 1.807) is 0 Å². The molecule has 0 aliphatic carbocycles. The standard InChI is InChI=1S/C13H15F3N2O3/c1-18(6-13(21)2-3-17-5-13)12(20)7-4-8(14)10(16)11(19)9(7)15/h4,17,19,21H,2-3,5-6H2,1H3. The summed E-state index contributed by atoms with van der Waals surface area (Å²) < 4.78 is 39.9. The van der Waals surface area contributed by atoms with Gasteiger partial charge in [0.1, 0.15) is 0 Å². The highest BCUT2D eigenvalue weighted by Gasteiger charge is 2.34. The molecule has 1 fully saturated rings. The van der Waals surface area contributed by atoms with Crippen LogP contribution < -0.4 is 5.32 Å². The molecule has 0 spiro atoms. The molecule has 1 atom stereocenters. The molecule has 116 valence electrons. The van der Waals surface area contributed by atoms with Crippen molar-refractivity contribution >= 4 is 5.91 Å². The molecule has 1 aliphatic rings. The van der Waals surface area contributed by atoms with Crippen LogP contribution in [0.25, 0.3) is 0 Å². The smallest absolute Gasteiger partial charge is 0.256 e. The van der Waals surface area contributed by atoms with Crippen molar-refractivity contribution in [1.82, 2.24) is 10.2 Å². The van der Waals surface area contributed by atoms with Crippen molar-refractivity contribution in [3.05, 3.63) is 29.1 Å². The summed E-state index contributed by atoms with van der Waals surface area (Å²) in [6.07, 6.45) is 0.413. The number of phenolic OH excluding ortho intramolecular Hbond substituents is 1. The van der Waals surface area contributed by atoms with Crippen molar-refractivity contribution in [2.24, 2.45) is 0 Å². The Bertz CT molecular complexity index is 574. The molecule has 5 nitrogen and oxygen atoms in total. The Kier molecular flexibility index (Phi) is 4.11. The zero-order chi connectivity index (χ0) is 15.8. The van der Waals surface area contributed by atoms with E-state index in [0.29, 0.717) is 19.0 Å². The van der Waals surface area contributed by atoms with Crippen molar-refractivity contribution in [1.29, 1.82) is 0 Å². The largest absolute Gasteiger partial charge is 0.503 e. The molecule has 0 aromatic heterocycles. The van der Waals surface area contributed by atoms with Gasteiger partial charge in [-0.2, -0.15) is 4.39 Å². The fourth-order valence-electron chi connectivity index (χ4n) is 2.33. The van der Waals surface area contributed by atoms with Crippen LogP contribution in [-0.2, 0) is 0 Å². The molecule has 1 amide bonds. The number of hydrogen-bond donors (Lipinski definition) is 3. The maximum absolute atomic E-state index is 13.7. The van der Waals surface area contributed by atoms with Crippen LogP contribution in [0.3, 0.4) is 0 Å². The summed E-state index contributed by atoms with van der Waals surface area (Å²) in [4.78, 5) is 13.1. The molecule has 1 heterocycles. The number of hydrogen-bond acceptors (Lipinski definition) is 4. The monoisotopic (exact) mass is 304 g/mol. The van der Waals surface area contributed by atoms with Gasteiger partial charge in [-0.25, -0.2) is 8.78 Å². The maximum atomic E-state index is 13.7. The minimum Gasteiger partial charge on any atom is -0.503 e. The van der Waals surface area contributed by atoms with Gasteiger partial charge in [-0.1, -0.05) is 0 Å². The number of carbonyl (C=O) groups excluding carboxylic acids is 1. The average molecular weight is 304 g/mol. The second-order valence-corrected chi connectivity index (χ2v) is 5.19. The molecule has 1 saturated heterocycles.